The van der Waals surface area contributed by atoms with Crippen LogP contribution >= 0.6 is 24.0 Å². The minimum absolute atomic E-state index is 0. The zero-order chi connectivity index (χ0) is 10.4. The van der Waals surface area contributed by atoms with Gasteiger partial charge in [0.25, 0.3) is 0 Å². The van der Waals surface area contributed by atoms with Crippen molar-refractivity contribution in [1.29, 1.82) is 0 Å². The van der Waals surface area contributed by atoms with Gasteiger partial charge in [0, 0.05) is 5.69 Å². The molecular formula is C10H15Cl2NO2. The molecule has 1 aromatic carbocycles. The standard InChI is InChI=1S/C10H14ClNO2.ClH/c11-5-10(13)7-14-6-8-2-1-3-9(12)4-8;/h1-4,10,13H,5-7,12H2;1H. The summed E-state index contributed by atoms with van der Waals surface area (Å²) in [6.45, 7) is 0.692. The maximum atomic E-state index is 9.11. The molecule has 0 aliphatic rings. The molecule has 1 unspecified atom stereocenters. The molecule has 1 atom stereocenters. The summed E-state index contributed by atoms with van der Waals surface area (Å²) in [6.07, 6.45) is -0.599. The SMILES string of the molecule is Cl.Nc1cccc(COCC(O)CCl)c1. The first-order chi connectivity index (χ1) is 6.72. The fraction of sp³-hybridized carbons (Fsp3) is 0.400. The van der Waals surface area contributed by atoms with E-state index in [0.29, 0.717) is 12.3 Å². The first kappa shape index (κ1) is 14.5. The highest BCUT2D eigenvalue weighted by atomic mass is 35.5. The average molecular weight is 252 g/mol. The molecule has 3 N–H and O–H groups in total. The molecule has 0 spiro atoms. The molecule has 0 heterocycles. The van der Waals surface area contributed by atoms with Crippen molar-refractivity contribution in [3.05, 3.63) is 29.8 Å². The van der Waals surface area contributed by atoms with Gasteiger partial charge in [-0.1, -0.05) is 12.1 Å². The third kappa shape index (κ3) is 5.85. The summed E-state index contributed by atoms with van der Waals surface area (Å²) >= 11 is 5.41. The van der Waals surface area contributed by atoms with Gasteiger partial charge in [-0.25, -0.2) is 0 Å². The topological polar surface area (TPSA) is 55.5 Å². The van der Waals surface area contributed by atoms with Crippen molar-refractivity contribution in [2.75, 3.05) is 18.2 Å². The van der Waals surface area contributed by atoms with Gasteiger partial charge in [0.15, 0.2) is 0 Å². The summed E-state index contributed by atoms with van der Waals surface area (Å²) in [7, 11) is 0. The Morgan fingerprint density at radius 1 is 1.47 bits per heavy atom. The largest absolute Gasteiger partial charge is 0.399 e. The van der Waals surface area contributed by atoms with Crippen LogP contribution in [-0.2, 0) is 11.3 Å². The van der Waals surface area contributed by atoms with Gasteiger partial charge in [-0.3, -0.25) is 0 Å². The number of nitrogens with two attached hydrogens (primary N) is 1. The van der Waals surface area contributed by atoms with Crippen molar-refractivity contribution in [2.45, 2.75) is 12.7 Å². The lowest BCUT2D eigenvalue weighted by Gasteiger charge is -2.08. The quantitative estimate of drug-likeness (QED) is 0.620. The summed E-state index contributed by atoms with van der Waals surface area (Å²) in [5, 5.41) is 9.11. The molecule has 0 amide bonds. The molecule has 1 rings (SSSR count). The fourth-order valence-corrected chi connectivity index (χ4v) is 1.13. The van der Waals surface area contributed by atoms with E-state index in [4.69, 9.17) is 27.2 Å². The molecule has 15 heavy (non-hydrogen) atoms. The molecule has 0 saturated heterocycles. The molecule has 86 valence electrons. The monoisotopic (exact) mass is 251 g/mol. The molecular weight excluding hydrogens is 237 g/mol. The predicted octanol–water partition coefficient (Wildman–Crippen LogP) is 1.81. The Balaban J connectivity index is 0.00000196. The minimum atomic E-state index is -0.599. The van der Waals surface area contributed by atoms with Gasteiger partial charge in [-0.15, -0.1) is 24.0 Å². The van der Waals surface area contributed by atoms with Crippen molar-refractivity contribution < 1.29 is 9.84 Å². The van der Waals surface area contributed by atoms with Crippen molar-refractivity contribution in [3.63, 3.8) is 0 Å². The Hall–Kier alpha value is -0.480. The molecule has 0 radical (unpaired) electrons. The smallest absolute Gasteiger partial charge is 0.0908 e. The van der Waals surface area contributed by atoms with Crippen LogP contribution in [0.4, 0.5) is 5.69 Å². The molecule has 0 fully saturated rings. The normalized spacial score (nSPS) is 11.9. The van der Waals surface area contributed by atoms with Gasteiger partial charge < -0.3 is 15.6 Å². The second-order valence-corrected chi connectivity index (χ2v) is 3.38. The van der Waals surface area contributed by atoms with E-state index in [1.807, 2.05) is 24.3 Å². The number of hydrogen-bond acceptors (Lipinski definition) is 3. The Morgan fingerprint density at radius 2 is 2.20 bits per heavy atom. The number of anilines is 1. The summed E-state index contributed by atoms with van der Waals surface area (Å²) in [5.41, 5.74) is 7.29. The van der Waals surface area contributed by atoms with Gasteiger partial charge in [0.1, 0.15) is 0 Å². The lowest BCUT2D eigenvalue weighted by atomic mass is 10.2. The summed E-state index contributed by atoms with van der Waals surface area (Å²) in [4.78, 5) is 0. The Kier molecular flexibility index (Phi) is 7.52. The molecule has 1 aromatic rings. The number of aliphatic hydroxyl groups is 1. The highest BCUT2D eigenvalue weighted by Crippen LogP contribution is 2.07. The zero-order valence-electron chi connectivity index (χ0n) is 8.23. The van der Waals surface area contributed by atoms with Crippen molar-refractivity contribution in [3.8, 4) is 0 Å². The Bertz CT molecular complexity index is 284. The average Bonchev–Trinajstić information content (AvgIpc) is 2.17. The number of halogens is 2. The van der Waals surface area contributed by atoms with E-state index in [1.165, 1.54) is 0 Å². The van der Waals surface area contributed by atoms with Gasteiger partial charge in [-0.2, -0.15) is 0 Å². The number of ether oxygens (including phenoxy) is 1. The van der Waals surface area contributed by atoms with E-state index in [0.717, 1.165) is 5.56 Å². The molecule has 0 saturated carbocycles. The van der Waals surface area contributed by atoms with Crippen molar-refractivity contribution >= 4 is 29.7 Å². The molecule has 3 nitrogen and oxygen atoms in total. The molecule has 0 aromatic heterocycles. The van der Waals surface area contributed by atoms with E-state index in [2.05, 4.69) is 0 Å². The number of nitrogen functional groups attached to an aromatic ring is 1. The third-order valence-electron chi connectivity index (χ3n) is 1.71. The number of rotatable bonds is 5. The van der Waals surface area contributed by atoms with E-state index < -0.39 is 6.10 Å². The zero-order valence-corrected chi connectivity index (χ0v) is 9.80. The molecule has 0 bridgehead atoms. The number of benzene rings is 1. The molecule has 0 aliphatic carbocycles. The van der Waals surface area contributed by atoms with Crippen molar-refractivity contribution in [2.24, 2.45) is 0 Å². The van der Waals surface area contributed by atoms with Crippen LogP contribution in [0, 0.1) is 0 Å². The molecule has 5 heteroatoms. The van der Waals surface area contributed by atoms with Crippen LogP contribution < -0.4 is 5.73 Å². The van der Waals surface area contributed by atoms with E-state index in [1.54, 1.807) is 0 Å². The lowest BCUT2D eigenvalue weighted by Crippen LogP contribution is -2.16. The summed E-state index contributed by atoms with van der Waals surface area (Å²) < 4.78 is 5.24. The second-order valence-electron chi connectivity index (χ2n) is 3.07. The van der Waals surface area contributed by atoms with E-state index in [9.17, 15) is 0 Å². The maximum absolute atomic E-state index is 9.11. The van der Waals surface area contributed by atoms with Crippen LogP contribution in [0.5, 0.6) is 0 Å². The van der Waals surface area contributed by atoms with Crippen LogP contribution in [0.2, 0.25) is 0 Å². The van der Waals surface area contributed by atoms with Crippen molar-refractivity contribution in [1.82, 2.24) is 0 Å². The third-order valence-corrected chi connectivity index (χ3v) is 2.06. The maximum Gasteiger partial charge on any atom is 0.0908 e. The predicted molar refractivity (Wildman–Crippen MR) is 64.5 cm³/mol. The lowest BCUT2D eigenvalue weighted by molar-refractivity contribution is 0.0392. The van der Waals surface area contributed by atoms with Gasteiger partial charge >= 0.3 is 0 Å². The van der Waals surface area contributed by atoms with Crippen LogP contribution in [0.25, 0.3) is 0 Å². The van der Waals surface area contributed by atoms with Gasteiger partial charge in [0.2, 0.25) is 0 Å². The van der Waals surface area contributed by atoms with Crippen LogP contribution in [-0.4, -0.2) is 23.7 Å². The van der Waals surface area contributed by atoms with Crippen LogP contribution in [0.1, 0.15) is 5.56 Å². The van der Waals surface area contributed by atoms with Crippen LogP contribution in [0.15, 0.2) is 24.3 Å². The first-order valence-electron chi connectivity index (χ1n) is 4.38. The highest BCUT2D eigenvalue weighted by molar-refractivity contribution is 6.18. The fourth-order valence-electron chi connectivity index (χ4n) is 1.04. The first-order valence-corrected chi connectivity index (χ1v) is 4.92. The highest BCUT2D eigenvalue weighted by Gasteiger charge is 2.01. The van der Waals surface area contributed by atoms with Gasteiger partial charge in [-0.05, 0) is 17.7 Å². The summed E-state index contributed by atoms with van der Waals surface area (Å²) in [5.74, 6) is 0.191. The second kappa shape index (κ2) is 7.77. The van der Waals surface area contributed by atoms with E-state index in [-0.39, 0.29) is 24.9 Å². The number of alkyl halides is 1. The Labute approximate surface area is 101 Å². The number of hydrogen-bond donors (Lipinski definition) is 2. The summed E-state index contributed by atoms with van der Waals surface area (Å²) in [6, 6.07) is 7.44. The van der Waals surface area contributed by atoms with Gasteiger partial charge in [0.05, 0.1) is 25.2 Å². The molecule has 0 aliphatic heterocycles. The van der Waals surface area contributed by atoms with E-state index >= 15 is 0 Å². The Morgan fingerprint density at radius 3 is 2.80 bits per heavy atom. The minimum Gasteiger partial charge on any atom is -0.399 e. The van der Waals surface area contributed by atoms with Crippen LogP contribution in [0.3, 0.4) is 0 Å². The number of aliphatic hydroxyl groups excluding tert-OH is 1.